The Kier molecular flexibility index (Phi) is 10.7. The second-order valence-electron chi connectivity index (χ2n) is 8.14. The highest BCUT2D eigenvalue weighted by Crippen LogP contribution is 2.30. The van der Waals surface area contributed by atoms with E-state index in [0.717, 1.165) is 29.0 Å². The number of nitrogens with zero attached hydrogens (tertiary/aromatic N) is 2. The summed E-state index contributed by atoms with van der Waals surface area (Å²) in [5.41, 5.74) is 2.49. The van der Waals surface area contributed by atoms with E-state index in [4.69, 9.17) is 25.8 Å². The summed E-state index contributed by atoms with van der Waals surface area (Å²) in [4.78, 5) is 31.3. The molecule has 1 N–H and O–H groups in total. The number of hydrogen-bond donors (Lipinski definition) is 1. The molecule has 1 fully saturated rings. The predicted octanol–water partition coefficient (Wildman–Crippen LogP) is 3.42. The SMILES string of the molecule is COCCOCCOCC(=O)N1CCC(c2nc(C(=O)NCc3ccc(Cl)cc3C)cs2)CC1. The highest BCUT2D eigenvalue weighted by molar-refractivity contribution is 7.09. The fraction of sp³-hybridized carbons (Fsp3) is 0.542. The first-order chi connectivity index (χ1) is 16.5. The Balaban J connectivity index is 1.38. The Morgan fingerprint density at radius 1 is 1.18 bits per heavy atom. The maximum atomic E-state index is 12.6. The molecule has 2 aromatic rings. The van der Waals surface area contributed by atoms with Gasteiger partial charge in [-0.2, -0.15) is 0 Å². The molecule has 2 amide bonds. The topological polar surface area (TPSA) is 90.0 Å². The highest BCUT2D eigenvalue weighted by Gasteiger charge is 2.26. The van der Waals surface area contributed by atoms with Gasteiger partial charge in [-0.1, -0.05) is 17.7 Å². The Bertz CT molecular complexity index is 946. The van der Waals surface area contributed by atoms with E-state index in [0.29, 0.717) is 56.8 Å². The van der Waals surface area contributed by atoms with E-state index in [9.17, 15) is 9.59 Å². The molecule has 1 aromatic carbocycles. The normalized spacial score (nSPS) is 14.4. The molecule has 10 heteroatoms. The van der Waals surface area contributed by atoms with Crippen molar-refractivity contribution in [2.24, 2.45) is 0 Å². The summed E-state index contributed by atoms with van der Waals surface area (Å²) in [6, 6.07) is 5.62. The maximum Gasteiger partial charge on any atom is 0.271 e. The second-order valence-corrected chi connectivity index (χ2v) is 9.46. The molecule has 0 saturated carbocycles. The van der Waals surface area contributed by atoms with Gasteiger partial charge in [0, 0.05) is 43.1 Å². The molecule has 1 saturated heterocycles. The molecule has 1 aliphatic rings. The first-order valence-electron chi connectivity index (χ1n) is 11.4. The fourth-order valence-electron chi connectivity index (χ4n) is 3.69. The van der Waals surface area contributed by atoms with Crippen LogP contribution in [0.2, 0.25) is 5.02 Å². The minimum Gasteiger partial charge on any atom is -0.382 e. The number of likely N-dealkylation sites (tertiary alicyclic amines) is 1. The first-order valence-corrected chi connectivity index (χ1v) is 12.6. The molecule has 1 aromatic heterocycles. The van der Waals surface area contributed by atoms with E-state index < -0.39 is 0 Å². The molecule has 1 aliphatic heterocycles. The quantitative estimate of drug-likeness (QED) is 0.441. The van der Waals surface area contributed by atoms with Crippen LogP contribution in [0.15, 0.2) is 23.6 Å². The number of carbonyl (C=O) groups excluding carboxylic acids is 2. The van der Waals surface area contributed by atoms with E-state index in [2.05, 4.69) is 10.3 Å². The minimum atomic E-state index is -0.187. The summed E-state index contributed by atoms with van der Waals surface area (Å²) < 4.78 is 15.6. The number of piperidine rings is 1. The van der Waals surface area contributed by atoms with Crippen molar-refractivity contribution < 1.29 is 23.8 Å². The van der Waals surface area contributed by atoms with Gasteiger partial charge in [-0.25, -0.2) is 4.98 Å². The van der Waals surface area contributed by atoms with Crippen LogP contribution < -0.4 is 5.32 Å². The van der Waals surface area contributed by atoms with E-state index in [1.807, 2.05) is 30.0 Å². The van der Waals surface area contributed by atoms with E-state index in [1.165, 1.54) is 11.3 Å². The number of halogens is 1. The molecule has 186 valence electrons. The van der Waals surface area contributed by atoms with Crippen molar-refractivity contribution in [3.05, 3.63) is 50.4 Å². The molecular formula is C24H32ClN3O5S. The van der Waals surface area contributed by atoms with E-state index in [1.54, 1.807) is 12.5 Å². The number of ether oxygens (including phenoxy) is 3. The summed E-state index contributed by atoms with van der Waals surface area (Å²) >= 11 is 7.50. The Morgan fingerprint density at radius 2 is 1.91 bits per heavy atom. The summed E-state index contributed by atoms with van der Waals surface area (Å²) in [7, 11) is 1.62. The average Bonchev–Trinajstić information content (AvgIpc) is 3.33. The number of rotatable bonds is 12. The average molecular weight is 510 g/mol. The number of thiazole rings is 1. The van der Waals surface area contributed by atoms with Crippen molar-refractivity contribution in [1.29, 1.82) is 0 Å². The van der Waals surface area contributed by atoms with Crippen LogP contribution in [0.1, 0.15) is 45.4 Å². The van der Waals surface area contributed by atoms with Crippen LogP contribution in [0.4, 0.5) is 0 Å². The van der Waals surface area contributed by atoms with Gasteiger partial charge < -0.3 is 24.4 Å². The Morgan fingerprint density at radius 3 is 2.65 bits per heavy atom. The van der Waals surface area contributed by atoms with Crippen LogP contribution in [-0.4, -0.2) is 74.9 Å². The number of hydrogen-bond acceptors (Lipinski definition) is 7. The minimum absolute atomic E-state index is 0.00737. The molecule has 0 radical (unpaired) electrons. The number of aryl methyl sites for hydroxylation is 1. The molecule has 0 aliphatic carbocycles. The van der Waals surface area contributed by atoms with Gasteiger partial charge in [0.1, 0.15) is 12.3 Å². The summed E-state index contributed by atoms with van der Waals surface area (Å²) in [6.45, 7) is 5.67. The molecule has 3 rings (SSSR count). The van der Waals surface area contributed by atoms with Gasteiger partial charge in [-0.3, -0.25) is 9.59 Å². The largest absolute Gasteiger partial charge is 0.382 e. The number of carbonyl (C=O) groups is 2. The number of amides is 2. The summed E-state index contributed by atoms with van der Waals surface area (Å²) in [6.07, 6.45) is 1.65. The van der Waals surface area contributed by atoms with Crippen LogP contribution in [0.25, 0.3) is 0 Å². The third-order valence-corrected chi connectivity index (χ3v) is 6.97. The van der Waals surface area contributed by atoms with Crippen LogP contribution in [0.5, 0.6) is 0 Å². The lowest BCUT2D eigenvalue weighted by Crippen LogP contribution is -2.40. The molecule has 2 heterocycles. The standard InChI is InChI=1S/C24H32ClN3O5S/c1-17-13-20(25)4-3-19(17)14-26-23(30)21-16-34-24(27-21)18-5-7-28(8-6-18)22(29)15-33-12-11-32-10-9-31-2/h3-4,13,16,18H,5-12,14-15H2,1-2H3,(H,26,30). The van der Waals surface area contributed by atoms with Crippen LogP contribution in [0, 0.1) is 6.92 Å². The first kappa shape index (κ1) is 26.6. The Hall–Kier alpha value is -2.04. The summed E-state index contributed by atoms with van der Waals surface area (Å²) in [5, 5.41) is 6.37. The van der Waals surface area contributed by atoms with E-state index in [-0.39, 0.29) is 24.3 Å². The third-order valence-electron chi connectivity index (χ3n) is 5.72. The van der Waals surface area contributed by atoms with Gasteiger partial charge in [-0.05, 0) is 43.0 Å². The van der Waals surface area contributed by atoms with Crippen molar-refractivity contribution in [2.45, 2.75) is 32.2 Å². The number of methoxy groups -OCH3 is 1. The molecule has 0 atom stereocenters. The highest BCUT2D eigenvalue weighted by atomic mass is 35.5. The zero-order chi connectivity index (χ0) is 24.3. The van der Waals surface area contributed by atoms with Gasteiger partial charge in [0.05, 0.1) is 31.4 Å². The lowest BCUT2D eigenvalue weighted by atomic mass is 9.97. The Labute approximate surface area is 209 Å². The van der Waals surface area contributed by atoms with Crippen molar-refractivity contribution in [2.75, 3.05) is 53.2 Å². The van der Waals surface area contributed by atoms with Crippen LogP contribution in [-0.2, 0) is 25.5 Å². The van der Waals surface area contributed by atoms with Gasteiger partial charge in [0.2, 0.25) is 5.91 Å². The molecule has 8 nitrogen and oxygen atoms in total. The predicted molar refractivity (Wildman–Crippen MR) is 132 cm³/mol. The van der Waals surface area contributed by atoms with Gasteiger partial charge in [0.15, 0.2) is 0 Å². The number of benzene rings is 1. The van der Waals surface area contributed by atoms with Gasteiger partial charge in [0.25, 0.3) is 5.91 Å². The van der Waals surface area contributed by atoms with Gasteiger partial charge in [-0.15, -0.1) is 11.3 Å². The van der Waals surface area contributed by atoms with Crippen molar-refractivity contribution >= 4 is 34.8 Å². The maximum absolute atomic E-state index is 12.6. The van der Waals surface area contributed by atoms with Gasteiger partial charge >= 0.3 is 0 Å². The van der Waals surface area contributed by atoms with Crippen LogP contribution in [0.3, 0.4) is 0 Å². The lowest BCUT2D eigenvalue weighted by molar-refractivity contribution is -0.137. The van der Waals surface area contributed by atoms with Crippen molar-refractivity contribution in [3.63, 3.8) is 0 Å². The van der Waals surface area contributed by atoms with Crippen molar-refractivity contribution in [3.8, 4) is 0 Å². The monoisotopic (exact) mass is 509 g/mol. The molecule has 0 bridgehead atoms. The molecule has 34 heavy (non-hydrogen) atoms. The molecule has 0 unspecified atom stereocenters. The van der Waals surface area contributed by atoms with Crippen molar-refractivity contribution in [1.82, 2.24) is 15.2 Å². The third kappa shape index (κ3) is 8.02. The van der Waals surface area contributed by atoms with Crippen LogP contribution >= 0.6 is 22.9 Å². The fourth-order valence-corrected chi connectivity index (χ4v) is 4.89. The number of nitrogens with one attached hydrogen (secondary N) is 1. The lowest BCUT2D eigenvalue weighted by Gasteiger charge is -2.31. The second kappa shape index (κ2) is 13.7. The molecular weight excluding hydrogens is 478 g/mol. The zero-order valence-electron chi connectivity index (χ0n) is 19.7. The van der Waals surface area contributed by atoms with E-state index >= 15 is 0 Å². The smallest absolute Gasteiger partial charge is 0.271 e. The number of aromatic nitrogens is 1. The summed E-state index contributed by atoms with van der Waals surface area (Å²) in [5.74, 6) is 0.0593. The molecule has 0 spiro atoms. The zero-order valence-corrected chi connectivity index (χ0v) is 21.3.